The Morgan fingerprint density at radius 3 is 2.19 bits per heavy atom. The van der Waals surface area contributed by atoms with Crippen LogP contribution in [0.5, 0.6) is 0 Å². The quantitative estimate of drug-likeness (QED) is 0.811. The van der Waals surface area contributed by atoms with E-state index < -0.39 is 17.9 Å². The van der Waals surface area contributed by atoms with Crippen molar-refractivity contribution in [2.75, 3.05) is 0 Å². The van der Waals surface area contributed by atoms with E-state index in [0.717, 1.165) is 12.0 Å². The minimum atomic E-state index is -0.900. The molecule has 4 nitrogen and oxygen atoms in total. The molecule has 0 fully saturated rings. The fraction of sp³-hybridized carbons (Fsp3) is 0.529. The lowest BCUT2D eigenvalue weighted by molar-refractivity contribution is -0.142. The molecular weight excluding hydrogens is 266 g/mol. The average molecular weight is 291 g/mol. The van der Waals surface area contributed by atoms with Gasteiger partial charge in [0.25, 0.3) is 0 Å². The van der Waals surface area contributed by atoms with E-state index in [-0.39, 0.29) is 17.7 Å². The first-order valence-electron chi connectivity index (χ1n) is 7.46. The number of carboxylic acids is 1. The molecule has 21 heavy (non-hydrogen) atoms. The van der Waals surface area contributed by atoms with Crippen LogP contribution in [-0.2, 0) is 9.59 Å². The summed E-state index contributed by atoms with van der Waals surface area (Å²) in [7, 11) is 0. The van der Waals surface area contributed by atoms with Gasteiger partial charge in [-0.2, -0.15) is 0 Å². The molecule has 0 saturated carbocycles. The van der Waals surface area contributed by atoms with Gasteiger partial charge in [-0.1, -0.05) is 50.6 Å². The molecule has 0 aliphatic heterocycles. The maximum atomic E-state index is 12.6. The summed E-state index contributed by atoms with van der Waals surface area (Å²) in [6, 6.07) is 9.25. The van der Waals surface area contributed by atoms with Gasteiger partial charge < -0.3 is 10.4 Å². The van der Waals surface area contributed by atoms with E-state index in [2.05, 4.69) is 12.2 Å². The highest BCUT2D eigenvalue weighted by Gasteiger charge is 2.29. The van der Waals surface area contributed by atoms with Crippen LogP contribution in [0, 0.1) is 11.8 Å². The Bertz CT molecular complexity index is 472. The highest BCUT2D eigenvalue weighted by molar-refractivity contribution is 5.84. The molecule has 0 bridgehead atoms. The standard InChI is InChI=1S/C17H25NO3/c1-5-11(2)15(14-9-7-6-8-10-14)16(19)18-13(4)12(3)17(20)21/h6-13,15H,5H2,1-4H3,(H,18,19)(H,20,21). The molecule has 4 heteroatoms. The summed E-state index contributed by atoms with van der Waals surface area (Å²) in [6.07, 6.45) is 0.885. The van der Waals surface area contributed by atoms with Gasteiger partial charge in [-0.05, 0) is 25.3 Å². The van der Waals surface area contributed by atoms with E-state index in [4.69, 9.17) is 5.11 Å². The van der Waals surface area contributed by atoms with E-state index >= 15 is 0 Å². The number of rotatable bonds is 7. The number of hydrogen-bond acceptors (Lipinski definition) is 2. The minimum absolute atomic E-state index is 0.101. The molecule has 1 rings (SSSR count). The summed E-state index contributed by atoms with van der Waals surface area (Å²) in [5.41, 5.74) is 0.972. The van der Waals surface area contributed by atoms with Crippen molar-refractivity contribution in [3.63, 3.8) is 0 Å². The monoisotopic (exact) mass is 291 g/mol. The molecule has 0 spiro atoms. The molecule has 4 atom stereocenters. The fourth-order valence-corrected chi connectivity index (χ4v) is 2.29. The van der Waals surface area contributed by atoms with Crippen LogP contribution in [0.4, 0.5) is 0 Å². The van der Waals surface area contributed by atoms with Gasteiger partial charge in [0.1, 0.15) is 0 Å². The smallest absolute Gasteiger partial charge is 0.308 e. The number of aliphatic carboxylic acids is 1. The van der Waals surface area contributed by atoms with Gasteiger partial charge in [0, 0.05) is 6.04 Å². The molecule has 2 N–H and O–H groups in total. The van der Waals surface area contributed by atoms with Crippen molar-refractivity contribution in [3.8, 4) is 0 Å². The topological polar surface area (TPSA) is 66.4 Å². The van der Waals surface area contributed by atoms with E-state index in [0.29, 0.717) is 0 Å². The van der Waals surface area contributed by atoms with Crippen LogP contribution >= 0.6 is 0 Å². The second-order valence-corrected chi connectivity index (χ2v) is 5.70. The highest BCUT2D eigenvalue weighted by atomic mass is 16.4. The zero-order valence-corrected chi connectivity index (χ0v) is 13.2. The minimum Gasteiger partial charge on any atom is -0.481 e. The molecule has 0 heterocycles. The third-order valence-corrected chi connectivity index (χ3v) is 4.16. The largest absolute Gasteiger partial charge is 0.481 e. The molecule has 116 valence electrons. The molecule has 1 amide bonds. The molecular formula is C17H25NO3. The predicted molar refractivity (Wildman–Crippen MR) is 83.0 cm³/mol. The third-order valence-electron chi connectivity index (χ3n) is 4.16. The number of benzene rings is 1. The van der Waals surface area contributed by atoms with Gasteiger partial charge in [-0.25, -0.2) is 0 Å². The molecule has 0 saturated heterocycles. The van der Waals surface area contributed by atoms with Gasteiger partial charge in [0.2, 0.25) is 5.91 Å². The van der Waals surface area contributed by atoms with Crippen molar-refractivity contribution in [2.24, 2.45) is 11.8 Å². The first-order valence-corrected chi connectivity index (χ1v) is 7.46. The van der Waals surface area contributed by atoms with Crippen molar-refractivity contribution in [1.29, 1.82) is 0 Å². The second-order valence-electron chi connectivity index (χ2n) is 5.70. The Morgan fingerprint density at radius 2 is 1.71 bits per heavy atom. The number of amides is 1. The third kappa shape index (κ3) is 4.59. The van der Waals surface area contributed by atoms with Crippen molar-refractivity contribution >= 4 is 11.9 Å². The van der Waals surface area contributed by atoms with E-state index in [9.17, 15) is 9.59 Å². The zero-order valence-electron chi connectivity index (χ0n) is 13.2. The molecule has 0 aliphatic carbocycles. The molecule has 0 aromatic heterocycles. The molecule has 4 unspecified atom stereocenters. The Labute approximate surface area is 126 Å². The van der Waals surface area contributed by atoms with Crippen molar-refractivity contribution in [1.82, 2.24) is 5.32 Å². The van der Waals surface area contributed by atoms with E-state index in [1.54, 1.807) is 13.8 Å². The summed E-state index contributed by atoms with van der Waals surface area (Å²) < 4.78 is 0. The Morgan fingerprint density at radius 1 is 1.14 bits per heavy atom. The molecule has 0 radical (unpaired) electrons. The number of carbonyl (C=O) groups excluding carboxylic acids is 1. The molecule has 1 aromatic carbocycles. The fourth-order valence-electron chi connectivity index (χ4n) is 2.29. The zero-order chi connectivity index (χ0) is 16.0. The SMILES string of the molecule is CCC(C)C(C(=O)NC(C)C(C)C(=O)O)c1ccccc1. The van der Waals surface area contributed by atoms with Crippen LogP contribution in [0.25, 0.3) is 0 Å². The lowest BCUT2D eigenvalue weighted by Crippen LogP contribution is -2.43. The summed E-state index contributed by atoms with van der Waals surface area (Å²) in [6.45, 7) is 7.43. The second kappa shape index (κ2) is 7.81. The van der Waals surface area contributed by atoms with E-state index in [1.807, 2.05) is 37.3 Å². The predicted octanol–water partition coefficient (Wildman–Crippen LogP) is 3.04. The normalized spacial score (nSPS) is 16.6. The first kappa shape index (κ1) is 17.2. The van der Waals surface area contributed by atoms with Crippen LogP contribution in [-0.4, -0.2) is 23.0 Å². The van der Waals surface area contributed by atoms with Crippen LogP contribution in [0.3, 0.4) is 0 Å². The van der Waals surface area contributed by atoms with Gasteiger partial charge in [0.15, 0.2) is 0 Å². The lowest BCUT2D eigenvalue weighted by atomic mass is 9.84. The van der Waals surface area contributed by atoms with Crippen LogP contribution < -0.4 is 5.32 Å². The number of nitrogens with one attached hydrogen (secondary N) is 1. The molecule has 0 aliphatic rings. The van der Waals surface area contributed by atoms with Gasteiger partial charge in [-0.15, -0.1) is 0 Å². The van der Waals surface area contributed by atoms with Crippen LogP contribution in [0.1, 0.15) is 45.6 Å². The lowest BCUT2D eigenvalue weighted by Gasteiger charge is -2.26. The highest BCUT2D eigenvalue weighted by Crippen LogP contribution is 2.27. The van der Waals surface area contributed by atoms with Crippen molar-refractivity contribution in [3.05, 3.63) is 35.9 Å². The number of carboxylic acid groups (broad SMARTS) is 1. The van der Waals surface area contributed by atoms with Crippen LogP contribution in [0.2, 0.25) is 0 Å². The maximum Gasteiger partial charge on any atom is 0.308 e. The van der Waals surface area contributed by atoms with Crippen molar-refractivity contribution < 1.29 is 14.7 Å². The van der Waals surface area contributed by atoms with Gasteiger partial charge in [0.05, 0.1) is 11.8 Å². The Kier molecular flexibility index (Phi) is 6.40. The van der Waals surface area contributed by atoms with Gasteiger partial charge in [-0.3, -0.25) is 9.59 Å². The summed E-state index contributed by atoms with van der Waals surface area (Å²) in [4.78, 5) is 23.6. The Balaban J connectivity index is 2.90. The number of carbonyl (C=O) groups is 2. The average Bonchev–Trinajstić information content (AvgIpc) is 2.47. The summed E-state index contributed by atoms with van der Waals surface area (Å²) >= 11 is 0. The first-order chi connectivity index (χ1) is 9.88. The van der Waals surface area contributed by atoms with Crippen LogP contribution in [0.15, 0.2) is 30.3 Å². The summed E-state index contributed by atoms with van der Waals surface area (Å²) in [5.74, 6) is -1.67. The summed E-state index contributed by atoms with van der Waals surface area (Å²) in [5, 5.41) is 11.9. The molecule has 1 aromatic rings. The van der Waals surface area contributed by atoms with Gasteiger partial charge >= 0.3 is 5.97 Å². The maximum absolute atomic E-state index is 12.6. The van der Waals surface area contributed by atoms with E-state index in [1.165, 1.54) is 0 Å². The van der Waals surface area contributed by atoms with Crippen molar-refractivity contribution in [2.45, 2.75) is 46.1 Å². The number of hydrogen-bond donors (Lipinski definition) is 2. The Hall–Kier alpha value is -1.84.